The minimum absolute atomic E-state index is 0.809. The molecule has 2 rings (SSSR count). The second-order valence-electron chi connectivity index (χ2n) is 4.15. The summed E-state index contributed by atoms with van der Waals surface area (Å²) in [6.07, 6.45) is 3.62. The molecule has 2 nitrogen and oxygen atoms in total. The number of aromatic nitrogens is 1. The van der Waals surface area contributed by atoms with Gasteiger partial charge < -0.3 is 4.90 Å². The summed E-state index contributed by atoms with van der Waals surface area (Å²) >= 11 is 6.12. The predicted octanol–water partition coefficient (Wildman–Crippen LogP) is 3.68. The van der Waals surface area contributed by atoms with E-state index in [1.165, 1.54) is 5.56 Å². The van der Waals surface area contributed by atoms with Gasteiger partial charge in [0.15, 0.2) is 0 Å². The van der Waals surface area contributed by atoms with Gasteiger partial charge in [-0.15, -0.1) is 0 Å². The van der Waals surface area contributed by atoms with Crippen LogP contribution in [0.2, 0.25) is 5.02 Å². The Morgan fingerprint density at radius 2 is 1.88 bits per heavy atom. The SMILES string of the molecule is Cc1ccc(N(C)Cc2ccncc2)cc1Cl. The lowest BCUT2D eigenvalue weighted by Crippen LogP contribution is -2.16. The van der Waals surface area contributed by atoms with E-state index in [9.17, 15) is 0 Å². The first-order valence-electron chi connectivity index (χ1n) is 5.53. The fraction of sp³-hybridized carbons (Fsp3) is 0.214. The van der Waals surface area contributed by atoms with Crippen molar-refractivity contribution in [3.8, 4) is 0 Å². The number of nitrogens with zero attached hydrogens (tertiary/aromatic N) is 2. The highest BCUT2D eigenvalue weighted by atomic mass is 35.5. The molecular weight excluding hydrogens is 232 g/mol. The zero-order chi connectivity index (χ0) is 12.3. The molecule has 0 bridgehead atoms. The molecule has 0 N–H and O–H groups in total. The first-order valence-corrected chi connectivity index (χ1v) is 5.91. The minimum Gasteiger partial charge on any atom is -0.370 e. The number of hydrogen-bond donors (Lipinski definition) is 0. The van der Waals surface area contributed by atoms with Crippen molar-refractivity contribution in [3.05, 3.63) is 58.9 Å². The molecule has 2 aromatic rings. The number of aryl methyl sites for hydroxylation is 1. The second-order valence-corrected chi connectivity index (χ2v) is 4.55. The normalized spacial score (nSPS) is 10.3. The molecular formula is C14H15ClN2. The summed E-state index contributed by atoms with van der Waals surface area (Å²) in [4.78, 5) is 6.18. The molecule has 3 heteroatoms. The lowest BCUT2D eigenvalue weighted by molar-refractivity contribution is 0.919. The van der Waals surface area contributed by atoms with E-state index in [1.54, 1.807) is 0 Å². The third-order valence-electron chi connectivity index (χ3n) is 2.77. The maximum Gasteiger partial charge on any atom is 0.0455 e. The summed E-state index contributed by atoms with van der Waals surface area (Å²) in [5.41, 5.74) is 3.46. The van der Waals surface area contributed by atoms with Crippen LogP contribution in [0.5, 0.6) is 0 Å². The quantitative estimate of drug-likeness (QED) is 0.821. The fourth-order valence-electron chi connectivity index (χ4n) is 1.67. The van der Waals surface area contributed by atoms with Gasteiger partial charge >= 0.3 is 0 Å². The highest BCUT2D eigenvalue weighted by Gasteiger charge is 2.04. The van der Waals surface area contributed by atoms with Crippen molar-refractivity contribution in [2.45, 2.75) is 13.5 Å². The fourth-order valence-corrected chi connectivity index (χ4v) is 1.85. The van der Waals surface area contributed by atoms with Crippen molar-refractivity contribution in [1.82, 2.24) is 4.98 Å². The average Bonchev–Trinajstić information content (AvgIpc) is 2.34. The van der Waals surface area contributed by atoms with E-state index >= 15 is 0 Å². The highest BCUT2D eigenvalue weighted by molar-refractivity contribution is 6.31. The van der Waals surface area contributed by atoms with Gasteiger partial charge in [0.1, 0.15) is 0 Å². The molecule has 0 spiro atoms. The third-order valence-corrected chi connectivity index (χ3v) is 3.17. The van der Waals surface area contributed by atoms with Gasteiger partial charge in [0, 0.05) is 36.7 Å². The van der Waals surface area contributed by atoms with Crippen LogP contribution in [0, 0.1) is 6.92 Å². The average molecular weight is 247 g/mol. The van der Waals surface area contributed by atoms with Crippen molar-refractivity contribution >= 4 is 17.3 Å². The summed E-state index contributed by atoms with van der Waals surface area (Å²) in [5.74, 6) is 0. The van der Waals surface area contributed by atoms with Gasteiger partial charge in [0.25, 0.3) is 0 Å². The van der Waals surface area contributed by atoms with Gasteiger partial charge in [-0.1, -0.05) is 17.7 Å². The summed E-state index contributed by atoms with van der Waals surface area (Å²) in [6.45, 7) is 2.86. The van der Waals surface area contributed by atoms with Crippen LogP contribution < -0.4 is 4.90 Å². The van der Waals surface area contributed by atoms with E-state index < -0.39 is 0 Å². The zero-order valence-electron chi connectivity index (χ0n) is 10.0. The molecule has 0 unspecified atom stereocenters. The predicted molar refractivity (Wildman–Crippen MR) is 72.5 cm³/mol. The van der Waals surface area contributed by atoms with Crippen LogP contribution >= 0.6 is 11.6 Å². The third kappa shape index (κ3) is 2.98. The first kappa shape index (κ1) is 11.9. The molecule has 1 aromatic carbocycles. The molecule has 0 atom stereocenters. The highest BCUT2D eigenvalue weighted by Crippen LogP contribution is 2.23. The lowest BCUT2D eigenvalue weighted by atomic mass is 10.2. The second kappa shape index (κ2) is 5.19. The number of hydrogen-bond acceptors (Lipinski definition) is 2. The van der Waals surface area contributed by atoms with Crippen LogP contribution in [0.4, 0.5) is 5.69 Å². The van der Waals surface area contributed by atoms with Crippen molar-refractivity contribution in [3.63, 3.8) is 0 Å². The van der Waals surface area contributed by atoms with Crippen LogP contribution in [-0.4, -0.2) is 12.0 Å². The van der Waals surface area contributed by atoms with Gasteiger partial charge in [0.2, 0.25) is 0 Å². The van der Waals surface area contributed by atoms with Gasteiger partial charge in [-0.05, 0) is 42.3 Å². The smallest absolute Gasteiger partial charge is 0.0455 e. The molecule has 1 heterocycles. The largest absolute Gasteiger partial charge is 0.370 e. The molecule has 0 saturated carbocycles. The maximum absolute atomic E-state index is 6.12. The monoisotopic (exact) mass is 246 g/mol. The molecule has 0 saturated heterocycles. The molecule has 17 heavy (non-hydrogen) atoms. The summed E-state index contributed by atoms with van der Waals surface area (Å²) in [6, 6.07) is 10.2. The molecule has 0 aliphatic heterocycles. The first-order chi connectivity index (χ1) is 8.16. The van der Waals surface area contributed by atoms with Gasteiger partial charge in [-0.25, -0.2) is 0 Å². The molecule has 88 valence electrons. The van der Waals surface area contributed by atoms with E-state index in [4.69, 9.17) is 11.6 Å². The Kier molecular flexibility index (Phi) is 3.64. The Bertz CT molecular complexity index is 497. The Labute approximate surface area is 107 Å². The van der Waals surface area contributed by atoms with Crippen LogP contribution in [0.25, 0.3) is 0 Å². The molecule has 0 amide bonds. The van der Waals surface area contributed by atoms with E-state index in [0.717, 1.165) is 22.8 Å². The lowest BCUT2D eigenvalue weighted by Gasteiger charge is -2.20. The van der Waals surface area contributed by atoms with E-state index in [2.05, 4.69) is 23.0 Å². The maximum atomic E-state index is 6.12. The number of anilines is 1. The van der Waals surface area contributed by atoms with Crippen LogP contribution in [0.15, 0.2) is 42.7 Å². The summed E-state index contributed by atoms with van der Waals surface area (Å²) in [5, 5.41) is 0.809. The topological polar surface area (TPSA) is 16.1 Å². The summed E-state index contributed by atoms with van der Waals surface area (Å²) in [7, 11) is 2.06. The van der Waals surface area contributed by atoms with Crippen molar-refractivity contribution in [2.75, 3.05) is 11.9 Å². The van der Waals surface area contributed by atoms with Crippen LogP contribution in [-0.2, 0) is 6.54 Å². The molecule has 0 radical (unpaired) electrons. The Morgan fingerprint density at radius 1 is 1.18 bits per heavy atom. The molecule has 1 aromatic heterocycles. The van der Waals surface area contributed by atoms with Crippen molar-refractivity contribution in [2.24, 2.45) is 0 Å². The Hall–Kier alpha value is -1.54. The van der Waals surface area contributed by atoms with E-state index in [-0.39, 0.29) is 0 Å². The molecule has 0 fully saturated rings. The van der Waals surface area contributed by atoms with Gasteiger partial charge in [-0.3, -0.25) is 4.98 Å². The van der Waals surface area contributed by atoms with Crippen molar-refractivity contribution < 1.29 is 0 Å². The standard InChI is InChI=1S/C14H15ClN2/c1-11-3-4-13(9-14(11)15)17(2)10-12-5-7-16-8-6-12/h3-9H,10H2,1-2H3. The van der Waals surface area contributed by atoms with E-state index in [1.807, 2.05) is 43.6 Å². The molecule has 0 aliphatic carbocycles. The number of pyridine rings is 1. The Morgan fingerprint density at radius 3 is 2.53 bits per heavy atom. The summed E-state index contributed by atoms with van der Waals surface area (Å²) < 4.78 is 0. The number of rotatable bonds is 3. The zero-order valence-corrected chi connectivity index (χ0v) is 10.8. The molecule has 0 aliphatic rings. The minimum atomic E-state index is 0.809. The van der Waals surface area contributed by atoms with Crippen LogP contribution in [0.1, 0.15) is 11.1 Å². The Balaban J connectivity index is 2.14. The number of halogens is 1. The van der Waals surface area contributed by atoms with Gasteiger partial charge in [0.05, 0.1) is 0 Å². The van der Waals surface area contributed by atoms with Gasteiger partial charge in [-0.2, -0.15) is 0 Å². The van der Waals surface area contributed by atoms with Crippen molar-refractivity contribution in [1.29, 1.82) is 0 Å². The van der Waals surface area contributed by atoms with Crippen LogP contribution in [0.3, 0.4) is 0 Å². The van der Waals surface area contributed by atoms with E-state index in [0.29, 0.717) is 0 Å². The number of benzene rings is 1.